The molecule has 0 radical (unpaired) electrons. The van der Waals surface area contributed by atoms with E-state index in [1.54, 1.807) is 34.1 Å². The number of likely N-dealkylation sites (tertiary alicyclic amines) is 1. The third-order valence-corrected chi connectivity index (χ3v) is 4.96. The maximum atomic E-state index is 13.8. The van der Waals surface area contributed by atoms with Gasteiger partial charge >= 0.3 is 0 Å². The lowest BCUT2D eigenvalue weighted by molar-refractivity contribution is 0.0683. The predicted octanol–water partition coefficient (Wildman–Crippen LogP) is 3.10. The summed E-state index contributed by atoms with van der Waals surface area (Å²) in [5.74, 6) is -0.835. The largest absolute Gasteiger partial charge is 0.337 e. The maximum absolute atomic E-state index is 13.8. The van der Waals surface area contributed by atoms with E-state index >= 15 is 0 Å². The predicted molar refractivity (Wildman–Crippen MR) is 91.7 cm³/mol. The molecule has 1 saturated heterocycles. The number of aromatic nitrogens is 3. The highest BCUT2D eigenvalue weighted by atomic mass is 19.1. The van der Waals surface area contributed by atoms with Crippen LogP contribution < -0.4 is 0 Å². The van der Waals surface area contributed by atoms with Crippen LogP contribution in [0.5, 0.6) is 0 Å². The summed E-state index contributed by atoms with van der Waals surface area (Å²) >= 11 is 0. The highest BCUT2D eigenvalue weighted by Gasteiger charge is 2.26. The van der Waals surface area contributed by atoms with Gasteiger partial charge in [0.2, 0.25) is 0 Å². The average Bonchev–Trinajstić information content (AvgIpc) is 3.08. The zero-order valence-corrected chi connectivity index (χ0v) is 14.1. The second-order valence-corrected chi connectivity index (χ2v) is 6.62. The molecule has 26 heavy (non-hydrogen) atoms. The van der Waals surface area contributed by atoms with Crippen LogP contribution >= 0.6 is 0 Å². The van der Waals surface area contributed by atoms with Gasteiger partial charge in [0.15, 0.2) is 5.65 Å². The van der Waals surface area contributed by atoms with E-state index in [1.807, 2.05) is 0 Å². The van der Waals surface area contributed by atoms with Gasteiger partial charge in [0.1, 0.15) is 17.3 Å². The molecule has 1 aromatic carbocycles. The van der Waals surface area contributed by atoms with E-state index in [9.17, 15) is 13.6 Å². The minimum absolute atomic E-state index is 0.0601. The van der Waals surface area contributed by atoms with E-state index in [2.05, 4.69) is 9.97 Å². The number of carbonyl (C=O) groups excluding carboxylic acids is 1. The molecule has 2 aromatic heterocycles. The van der Waals surface area contributed by atoms with Crippen LogP contribution in [0.3, 0.4) is 0 Å². The van der Waals surface area contributed by atoms with E-state index in [1.165, 1.54) is 12.1 Å². The molecule has 3 aromatic rings. The summed E-state index contributed by atoms with van der Waals surface area (Å²) in [7, 11) is 0. The first kappa shape index (κ1) is 16.6. The monoisotopic (exact) mass is 356 g/mol. The zero-order chi connectivity index (χ0) is 18.1. The fraction of sp³-hybridized carbons (Fsp3) is 0.316. The van der Waals surface area contributed by atoms with Gasteiger partial charge < -0.3 is 4.90 Å². The molecule has 5 nitrogen and oxygen atoms in total. The van der Waals surface area contributed by atoms with Crippen molar-refractivity contribution in [2.75, 3.05) is 13.1 Å². The molecule has 3 heterocycles. The number of carbonyl (C=O) groups is 1. The Bertz CT molecular complexity index is 948. The molecule has 0 saturated carbocycles. The van der Waals surface area contributed by atoms with Crippen molar-refractivity contribution < 1.29 is 13.6 Å². The summed E-state index contributed by atoms with van der Waals surface area (Å²) in [6.07, 6.45) is 8.67. The van der Waals surface area contributed by atoms with Crippen molar-refractivity contribution in [3.63, 3.8) is 0 Å². The molecular weight excluding hydrogens is 338 g/mol. The van der Waals surface area contributed by atoms with Crippen LogP contribution in [0.4, 0.5) is 8.78 Å². The molecule has 0 atom stereocenters. The topological polar surface area (TPSA) is 50.5 Å². The van der Waals surface area contributed by atoms with Crippen molar-refractivity contribution in [3.05, 3.63) is 65.9 Å². The Morgan fingerprint density at radius 3 is 2.77 bits per heavy atom. The third-order valence-electron chi connectivity index (χ3n) is 4.96. The first-order valence-corrected chi connectivity index (χ1v) is 8.62. The van der Waals surface area contributed by atoms with E-state index in [0.717, 1.165) is 18.9 Å². The molecule has 1 amide bonds. The van der Waals surface area contributed by atoms with Crippen LogP contribution in [0, 0.1) is 17.6 Å². The molecule has 134 valence electrons. The minimum Gasteiger partial charge on any atom is -0.337 e. The number of fused-ring (bicyclic) bond motifs is 1. The third kappa shape index (κ3) is 3.16. The van der Waals surface area contributed by atoms with Gasteiger partial charge in [-0.1, -0.05) is 6.07 Å². The number of benzene rings is 1. The highest BCUT2D eigenvalue weighted by molar-refractivity contribution is 5.93. The van der Waals surface area contributed by atoms with E-state index < -0.39 is 11.6 Å². The first-order valence-electron chi connectivity index (χ1n) is 8.62. The Morgan fingerprint density at radius 2 is 2.00 bits per heavy atom. The molecule has 1 aliphatic heterocycles. The van der Waals surface area contributed by atoms with Crippen LogP contribution in [0.2, 0.25) is 0 Å². The summed E-state index contributed by atoms with van der Waals surface area (Å²) in [5, 5.41) is 0. The summed E-state index contributed by atoms with van der Waals surface area (Å²) in [5.41, 5.74) is 1.69. The van der Waals surface area contributed by atoms with E-state index in [-0.39, 0.29) is 11.8 Å². The maximum Gasteiger partial charge on any atom is 0.272 e. The van der Waals surface area contributed by atoms with Gasteiger partial charge in [-0.2, -0.15) is 0 Å². The highest BCUT2D eigenvalue weighted by Crippen LogP contribution is 2.24. The van der Waals surface area contributed by atoms with Crippen molar-refractivity contribution in [2.24, 2.45) is 5.92 Å². The summed E-state index contributed by atoms with van der Waals surface area (Å²) < 4.78 is 28.6. The van der Waals surface area contributed by atoms with Crippen LogP contribution in [-0.4, -0.2) is 38.3 Å². The number of amides is 1. The Labute approximate surface area is 149 Å². The van der Waals surface area contributed by atoms with Crippen molar-refractivity contribution >= 4 is 11.6 Å². The quantitative estimate of drug-likeness (QED) is 0.725. The molecule has 0 spiro atoms. The molecule has 0 N–H and O–H groups in total. The number of halogens is 2. The Kier molecular flexibility index (Phi) is 4.36. The molecule has 0 bridgehead atoms. The lowest BCUT2D eigenvalue weighted by Gasteiger charge is -2.32. The molecule has 1 aliphatic rings. The Balaban J connectivity index is 1.41. The Hall–Kier alpha value is -2.83. The van der Waals surface area contributed by atoms with Gasteiger partial charge in [-0.15, -0.1) is 0 Å². The van der Waals surface area contributed by atoms with Gasteiger partial charge in [-0.05, 0) is 36.8 Å². The van der Waals surface area contributed by atoms with Crippen LogP contribution in [0.1, 0.15) is 28.9 Å². The lowest BCUT2D eigenvalue weighted by Crippen LogP contribution is -2.39. The SMILES string of the molecule is O=C(c1cnc2cnccn12)N1CCC(Cc2ccc(F)cc2F)CC1. The fourth-order valence-electron chi connectivity index (χ4n) is 3.50. The van der Waals surface area contributed by atoms with Crippen LogP contribution in [0.25, 0.3) is 5.65 Å². The van der Waals surface area contributed by atoms with E-state index in [4.69, 9.17) is 0 Å². The van der Waals surface area contributed by atoms with Gasteiger partial charge in [0.25, 0.3) is 5.91 Å². The number of rotatable bonds is 3. The molecule has 7 heteroatoms. The van der Waals surface area contributed by atoms with Crippen LogP contribution in [0.15, 0.2) is 43.0 Å². The molecule has 0 aliphatic carbocycles. The van der Waals surface area contributed by atoms with Gasteiger partial charge in [-0.25, -0.2) is 13.8 Å². The molecule has 0 unspecified atom stereocenters. The molecule has 1 fully saturated rings. The van der Waals surface area contributed by atoms with Crippen LogP contribution in [-0.2, 0) is 6.42 Å². The molecule has 4 rings (SSSR count). The number of piperidine rings is 1. The zero-order valence-electron chi connectivity index (χ0n) is 14.1. The van der Waals surface area contributed by atoms with Crippen molar-refractivity contribution in [1.82, 2.24) is 19.3 Å². The number of nitrogens with zero attached hydrogens (tertiary/aromatic N) is 4. The van der Waals surface area contributed by atoms with E-state index in [0.29, 0.717) is 36.4 Å². The first-order chi connectivity index (χ1) is 12.6. The summed E-state index contributed by atoms with van der Waals surface area (Å²) in [4.78, 5) is 22.8. The molecular formula is C19H18F2N4O. The Morgan fingerprint density at radius 1 is 1.19 bits per heavy atom. The summed E-state index contributed by atoms with van der Waals surface area (Å²) in [6, 6.07) is 3.72. The normalized spacial score (nSPS) is 15.5. The smallest absolute Gasteiger partial charge is 0.272 e. The van der Waals surface area contributed by atoms with Crippen molar-refractivity contribution in [1.29, 1.82) is 0 Å². The van der Waals surface area contributed by atoms with Gasteiger partial charge in [-0.3, -0.25) is 14.2 Å². The number of imidazole rings is 1. The summed E-state index contributed by atoms with van der Waals surface area (Å²) in [6.45, 7) is 1.23. The van der Waals surface area contributed by atoms with Gasteiger partial charge in [0, 0.05) is 31.5 Å². The second-order valence-electron chi connectivity index (χ2n) is 6.62. The lowest BCUT2D eigenvalue weighted by atomic mass is 9.90. The van der Waals surface area contributed by atoms with Crippen molar-refractivity contribution in [2.45, 2.75) is 19.3 Å². The second kappa shape index (κ2) is 6.82. The standard InChI is InChI=1S/C19H18F2N4O/c20-15-2-1-14(16(21)10-15)9-13-3-6-24(7-4-13)19(26)17-11-23-18-12-22-5-8-25(17)18/h1-2,5,8,10-13H,3-4,6-7,9H2. The fourth-order valence-corrected chi connectivity index (χ4v) is 3.50. The average molecular weight is 356 g/mol. The minimum atomic E-state index is -0.560. The van der Waals surface area contributed by atoms with Gasteiger partial charge in [0.05, 0.1) is 12.4 Å². The van der Waals surface area contributed by atoms with Crippen molar-refractivity contribution in [3.8, 4) is 0 Å². The number of hydrogen-bond acceptors (Lipinski definition) is 3. The number of hydrogen-bond donors (Lipinski definition) is 0.